The molecule has 0 saturated heterocycles. The summed E-state index contributed by atoms with van der Waals surface area (Å²) in [5, 5.41) is 6.99. The van der Waals surface area contributed by atoms with Gasteiger partial charge < -0.3 is 19.3 Å². The minimum absolute atomic E-state index is 0.0428. The van der Waals surface area contributed by atoms with Gasteiger partial charge >= 0.3 is 0 Å². The van der Waals surface area contributed by atoms with E-state index in [0.717, 1.165) is 45.2 Å². The molecule has 4 aromatic rings. The Morgan fingerprint density at radius 3 is 2.26 bits per heavy atom. The Bertz CT molecular complexity index is 1220. The van der Waals surface area contributed by atoms with Crippen LogP contribution in [-0.2, 0) is 24.4 Å². The summed E-state index contributed by atoms with van der Waals surface area (Å²) in [7, 11) is 0. The second-order valence-electron chi connectivity index (χ2n) is 8.42. The van der Waals surface area contributed by atoms with Crippen molar-refractivity contribution in [2.75, 3.05) is 0 Å². The third kappa shape index (κ3) is 6.69. The van der Waals surface area contributed by atoms with Crippen molar-refractivity contribution in [1.82, 2.24) is 15.5 Å². The molecular weight excluding hydrogens is 442 g/mol. The minimum Gasteiger partial charge on any atom is -0.489 e. The van der Waals surface area contributed by atoms with Gasteiger partial charge in [-0.1, -0.05) is 35.5 Å². The van der Waals surface area contributed by atoms with Gasteiger partial charge in [-0.25, -0.2) is 0 Å². The molecule has 0 bridgehead atoms. The molecule has 1 N–H and O–H groups in total. The van der Waals surface area contributed by atoms with E-state index in [0.29, 0.717) is 19.6 Å². The summed E-state index contributed by atoms with van der Waals surface area (Å²) < 4.78 is 16.8. The van der Waals surface area contributed by atoms with E-state index in [1.54, 1.807) is 12.4 Å². The van der Waals surface area contributed by atoms with Crippen molar-refractivity contribution >= 4 is 5.91 Å². The lowest BCUT2D eigenvalue weighted by Gasteiger charge is -2.15. The lowest BCUT2D eigenvalue weighted by Crippen LogP contribution is -2.28. The van der Waals surface area contributed by atoms with Crippen molar-refractivity contribution in [1.29, 1.82) is 0 Å². The molecule has 7 heteroatoms. The second kappa shape index (κ2) is 11.3. The molecule has 0 aliphatic carbocycles. The summed E-state index contributed by atoms with van der Waals surface area (Å²) in [5.41, 5.74) is 4.72. The highest BCUT2D eigenvalue weighted by Crippen LogP contribution is 2.20. The highest BCUT2D eigenvalue weighted by atomic mass is 16.5. The van der Waals surface area contributed by atoms with Crippen LogP contribution >= 0.6 is 0 Å². The van der Waals surface area contributed by atoms with Crippen LogP contribution in [0, 0.1) is 13.8 Å². The third-order valence-electron chi connectivity index (χ3n) is 5.74. The maximum atomic E-state index is 12.6. The van der Waals surface area contributed by atoms with Crippen LogP contribution < -0.4 is 14.8 Å². The number of hydrogen-bond acceptors (Lipinski definition) is 6. The zero-order chi connectivity index (χ0) is 24.6. The number of nitrogens with zero attached hydrogens (tertiary/aromatic N) is 2. The van der Waals surface area contributed by atoms with E-state index in [-0.39, 0.29) is 11.9 Å². The van der Waals surface area contributed by atoms with E-state index >= 15 is 0 Å². The number of ether oxygens (including phenoxy) is 2. The number of carbonyl (C=O) groups excluding carboxylic acids is 1. The van der Waals surface area contributed by atoms with Gasteiger partial charge in [0.2, 0.25) is 5.91 Å². The fourth-order valence-electron chi connectivity index (χ4n) is 3.63. The first-order valence-corrected chi connectivity index (χ1v) is 11.5. The molecule has 4 rings (SSSR count). The number of aryl methyl sites for hydroxylation is 2. The monoisotopic (exact) mass is 471 g/mol. The number of hydrogen-bond donors (Lipinski definition) is 1. The molecule has 1 unspecified atom stereocenters. The Kier molecular flexibility index (Phi) is 7.77. The lowest BCUT2D eigenvalue weighted by atomic mass is 10.1. The number of aromatic nitrogens is 2. The number of pyridine rings is 1. The summed E-state index contributed by atoms with van der Waals surface area (Å²) in [6.45, 7) is 6.58. The Hall–Kier alpha value is -4.13. The number of carbonyl (C=O) groups is 1. The van der Waals surface area contributed by atoms with Crippen LogP contribution in [0.5, 0.6) is 11.5 Å². The van der Waals surface area contributed by atoms with Gasteiger partial charge in [-0.3, -0.25) is 9.78 Å². The van der Waals surface area contributed by atoms with Crippen molar-refractivity contribution in [2.45, 2.75) is 46.4 Å². The molecule has 0 saturated carbocycles. The van der Waals surface area contributed by atoms with Crippen LogP contribution in [0.1, 0.15) is 46.7 Å². The molecule has 180 valence electrons. The van der Waals surface area contributed by atoms with Crippen LogP contribution in [0.2, 0.25) is 0 Å². The number of rotatable bonds is 10. The molecule has 35 heavy (non-hydrogen) atoms. The summed E-state index contributed by atoms with van der Waals surface area (Å²) in [5.74, 6) is 2.22. The van der Waals surface area contributed by atoms with E-state index in [9.17, 15) is 4.79 Å². The summed E-state index contributed by atoms with van der Waals surface area (Å²) in [4.78, 5) is 16.7. The first-order chi connectivity index (χ1) is 17.0. The van der Waals surface area contributed by atoms with Crippen LogP contribution in [0.3, 0.4) is 0 Å². The first kappa shape index (κ1) is 24.0. The molecule has 0 aliphatic rings. The molecule has 0 radical (unpaired) electrons. The zero-order valence-electron chi connectivity index (χ0n) is 20.2. The minimum atomic E-state index is -0.118. The van der Waals surface area contributed by atoms with Crippen LogP contribution in [0.25, 0.3) is 0 Å². The fourth-order valence-corrected chi connectivity index (χ4v) is 3.63. The van der Waals surface area contributed by atoms with Gasteiger partial charge in [-0.15, -0.1) is 0 Å². The van der Waals surface area contributed by atoms with Crippen molar-refractivity contribution in [3.05, 3.63) is 107 Å². The first-order valence-electron chi connectivity index (χ1n) is 11.5. The molecule has 2 aromatic carbocycles. The number of nitrogens with one attached hydrogen (secondary N) is 1. The maximum absolute atomic E-state index is 12.6. The SMILES string of the molecule is Cc1noc(C)c1COc1ccc(CC(=O)NC(C)c2ccc(OCc3cccnc3)cc2)cc1. The molecule has 0 fully saturated rings. The molecule has 0 aliphatic heterocycles. The van der Waals surface area contributed by atoms with Crippen LogP contribution in [-0.4, -0.2) is 16.0 Å². The number of amides is 1. The topological polar surface area (TPSA) is 86.5 Å². The largest absolute Gasteiger partial charge is 0.489 e. The molecule has 1 amide bonds. The van der Waals surface area contributed by atoms with Crippen molar-refractivity contribution < 1.29 is 18.8 Å². The molecule has 2 heterocycles. The predicted octanol–water partition coefficient (Wildman–Crippen LogP) is 5.26. The summed E-state index contributed by atoms with van der Waals surface area (Å²) >= 11 is 0. The maximum Gasteiger partial charge on any atom is 0.224 e. The van der Waals surface area contributed by atoms with Gasteiger partial charge in [0.25, 0.3) is 0 Å². The van der Waals surface area contributed by atoms with Crippen LogP contribution in [0.15, 0.2) is 77.6 Å². The Balaban J connectivity index is 1.24. The summed E-state index contributed by atoms with van der Waals surface area (Å²) in [6, 6.07) is 19.0. The van der Waals surface area contributed by atoms with Crippen molar-refractivity contribution in [3.8, 4) is 11.5 Å². The quantitative estimate of drug-likeness (QED) is 0.339. The zero-order valence-corrected chi connectivity index (χ0v) is 20.2. The van der Waals surface area contributed by atoms with Gasteiger partial charge in [-0.05, 0) is 62.2 Å². The predicted molar refractivity (Wildman–Crippen MR) is 132 cm³/mol. The third-order valence-corrected chi connectivity index (χ3v) is 5.74. The molecule has 7 nitrogen and oxygen atoms in total. The van der Waals surface area contributed by atoms with Crippen molar-refractivity contribution in [2.24, 2.45) is 0 Å². The fraction of sp³-hybridized carbons (Fsp3) is 0.250. The van der Waals surface area contributed by atoms with Gasteiger partial charge in [0, 0.05) is 18.0 Å². The van der Waals surface area contributed by atoms with Gasteiger partial charge in [-0.2, -0.15) is 0 Å². The Morgan fingerprint density at radius 1 is 0.943 bits per heavy atom. The van der Waals surface area contributed by atoms with E-state index in [1.165, 1.54) is 0 Å². The smallest absolute Gasteiger partial charge is 0.224 e. The molecule has 0 spiro atoms. The summed E-state index contributed by atoms with van der Waals surface area (Å²) in [6.07, 6.45) is 3.81. The lowest BCUT2D eigenvalue weighted by molar-refractivity contribution is -0.121. The van der Waals surface area contributed by atoms with Gasteiger partial charge in [0.05, 0.1) is 23.7 Å². The normalized spacial score (nSPS) is 11.6. The van der Waals surface area contributed by atoms with Gasteiger partial charge in [0.15, 0.2) is 0 Å². The van der Waals surface area contributed by atoms with E-state index < -0.39 is 0 Å². The van der Waals surface area contributed by atoms with Crippen molar-refractivity contribution in [3.63, 3.8) is 0 Å². The van der Waals surface area contributed by atoms with E-state index in [4.69, 9.17) is 14.0 Å². The highest BCUT2D eigenvalue weighted by Gasteiger charge is 2.12. The standard InChI is InChI=1S/C28H29N3O4/c1-19(24-8-12-26(13-9-24)33-17-23-5-4-14-29-16-23)30-28(32)15-22-6-10-25(11-7-22)34-18-27-20(2)31-35-21(27)3/h4-14,16,19H,15,17-18H2,1-3H3,(H,30,32). The molecular formula is C28H29N3O4. The average Bonchev–Trinajstić information content (AvgIpc) is 3.20. The molecule has 2 aromatic heterocycles. The Labute approximate surface area is 205 Å². The average molecular weight is 472 g/mol. The second-order valence-corrected chi connectivity index (χ2v) is 8.42. The van der Waals surface area contributed by atoms with E-state index in [1.807, 2.05) is 81.4 Å². The molecule has 1 atom stereocenters. The van der Waals surface area contributed by atoms with E-state index in [2.05, 4.69) is 15.5 Å². The highest BCUT2D eigenvalue weighted by molar-refractivity contribution is 5.79. The Morgan fingerprint density at radius 2 is 1.63 bits per heavy atom. The number of benzene rings is 2. The van der Waals surface area contributed by atoms with Gasteiger partial charge in [0.1, 0.15) is 30.5 Å². The van der Waals surface area contributed by atoms with Crippen LogP contribution in [0.4, 0.5) is 0 Å².